The van der Waals surface area contributed by atoms with Crippen LogP contribution in [-0.4, -0.2) is 16.2 Å². The number of aryl methyl sites for hydroxylation is 1. The number of aromatic nitrogens is 1. The van der Waals surface area contributed by atoms with Crippen molar-refractivity contribution in [2.75, 3.05) is 0 Å². The summed E-state index contributed by atoms with van der Waals surface area (Å²) in [6, 6.07) is 5.61. The van der Waals surface area contributed by atoms with Crippen LogP contribution in [0.3, 0.4) is 0 Å². The number of hydrogen-bond acceptors (Lipinski definition) is 4. The second-order valence-electron chi connectivity index (χ2n) is 3.69. The Morgan fingerprint density at radius 2 is 2.33 bits per heavy atom. The van der Waals surface area contributed by atoms with Crippen LogP contribution < -0.4 is 4.74 Å². The normalized spacial score (nSPS) is 10.3. The lowest BCUT2D eigenvalue weighted by atomic mass is 10.2. The molecule has 0 amide bonds. The molecule has 1 aromatic heterocycles. The first-order chi connectivity index (χ1) is 8.58. The lowest BCUT2D eigenvalue weighted by Gasteiger charge is -2.07. The largest absolute Gasteiger partial charge is 0.484 e. The Labute approximate surface area is 111 Å². The maximum atomic E-state index is 10.8. The lowest BCUT2D eigenvalue weighted by molar-refractivity contribution is 0.0691. The molecule has 5 nitrogen and oxygen atoms in total. The van der Waals surface area contributed by atoms with E-state index in [0.29, 0.717) is 5.75 Å². The molecular weight excluding hydrogens is 302 g/mol. The van der Waals surface area contributed by atoms with Crippen molar-refractivity contribution < 1.29 is 19.2 Å². The molecule has 0 aliphatic carbocycles. The number of halogens is 1. The second-order valence-corrected chi connectivity index (χ2v) is 4.54. The molecule has 1 N–H and O–H groups in total. The predicted octanol–water partition coefficient (Wildman–Crippen LogP) is 3.02. The third kappa shape index (κ3) is 2.70. The number of hydrogen-bond donors (Lipinski definition) is 1. The first-order valence-corrected chi connectivity index (χ1v) is 5.93. The summed E-state index contributed by atoms with van der Waals surface area (Å²) in [5, 5.41) is 12.3. The molecule has 0 aliphatic rings. The van der Waals surface area contributed by atoms with Crippen LogP contribution in [-0.2, 0) is 6.61 Å². The Hall–Kier alpha value is -1.82. The quantitative estimate of drug-likeness (QED) is 0.939. The van der Waals surface area contributed by atoms with E-state index in [1.165, 1.54) is 0 Å². The summed E-state index contributed by atoms with van der Waals surface area (Å²) in [4.78, 5) is 10.8. The van der Waals surface area contributed by atoms with Crippen LogP contribution in [0.1, 0.15) is 21.7 Å². The number of carboxylic acids is 1. The summed E-state index contributed by atoms with van der Waals surface area (Å²) >= 11 is 3.37. The van der Waals surface area contributed by atoms with Crippen LogP contribution in [0, 0.1) is 6.92 Å². The fourth-order valence-electron chi connectivity index (χ4n) is 1.41. The zero-order valence-corrected chi connectivity index (χ0v) is 11.1. The summed E-state index contributed by atoms with van der Waals surface area (Å²) in [7, 11) is 0. The average Bonchev–Trinajstić information content (AvgIpc) is 2.76. The summed E-state index contributed by atoms with van der Waals surface area (Å²) in [5.74, 6) is -0.277. The molecule has 2 aromatic rings. The van der Waals surface area contributed by atoms with Crippen LogP contribution in [0.2, 0.25) is 0 Å². The van der Waals surface area contributed by atoms with E-state index >= 15 is 0 Å². The molecule has 0 bridgehead atoms. The lowest BCUT2D eigenvalue weighted by Crippen LogP contribution is -2.02. The fourth-order valence-corrected chi connectivity index (χ4v) is 2.02. The highest BCUT2D eigenvalue weighted by Gasteiger charge is 2.15. The van der Waals surface area contributed by atoms with Crippen molar-refractivity contribution in [2.45, 2.75) is 13.5 Å². The van der Waals surface area contributed by atoms with E-state index in [9.17, 15) is 4.79 Å². The van der Waals surface area contributed by atoms with Crippen molar-refractivity contribution in [2.24, 2.45) is 0 Å². The van der Waals surface area contributed by atoms with Gasteiger partial charge in [0.15, 0.2) is 5.76 Å². The van der Waals surface area contributed by atoms with Gasteiger partial charge in [-0.2, -0.15) is 0 Å². The van der Waals surface area contributed by atoms with Gasteiger partial charge in [-0.05, 0) is 40.5 Å². The standard InChI is InChI=1S/C12H10BrNO4/c1-7-2-3-10(9(13)4-7)17-6-11-8(12(15)16)5-14-18-11/h2-5H,6H2,1H3,(H,15,16). The van der Waals surface area contributed by atoms with E-state index in [0.717, 1.165) is 16.2 Å². The molecule has 1 aromatic carbocycles. The SMILES string of the molecule is Cc1ccc(OCc2oncc2C(=O)O)c(Br)c1. The summed E-state index contributed by atoms with van der Waals surface area (Å²) in [6.07, 6.45) is 1.16. The van der Waals surface area contributed by atoms with Crippen molar-refractivity contribution >= 4 is 21.9 Å². The molecule has 6 heteroatoms. The van der Waals surface area contributed by atoms with Gasteiger partial charge < -0.3 is 14.4 Å². The van der Waals surface area contributed by atoms with E-state index in [-0.39, 0.29) is 17.9 Å². The number of rotatable bonds is 4. The molecule has 0 atom stereocenters. The van der Waals surface area contributed by atoms with Gasteiger partial charge in [-0.3, -0.25) is 0 Å². The number of aromatic carboxylic acids is 1. The zero-order valence-electron chi connectivity index (χ0n) is 9.51. The minimum Gasteiger partial charge on any atom is -0.484 e. The van der Waals surface area contributed by atoms with E-state index in [2.05, 4.69) is 21.1 Å². The van der Waals surface area contributed by atoms with Gasteiger partial charge in [0.25, 0.3) is 0 Å². The van der Waals surface area contributed by atoms with Crippen molar-refractivity contribution in [3.05, 3.63) is 45.8 Å². The number of carboxylic acid groups (broad SMARTS) is 1. The van der Waals surface area contributed by atoms with Crippen molar-refractivity contribution in [3.8, 4) is 5.75 Å². The summed E-state index contributed by atoms with van der Waals surface area (Å²) in [6.45, 7) is 1.98. The minimum atomic E-state index is -1.09. The molecule has 18 heavy (non-hydrogen) atoms. The minimum absolute atomic E-state index is 0.0123. The monoisotopic (exact) mass is 311 g/mol. The molecule has 0 unspecified atom stereocenters. The van der Waals surface area contributed by atoms with Crippen LogP contribution in [0.25, 0.3) is 0 Å². The average molecular weight is 312 g/mol. The third-order valence-electron chi connectivity index (χ3n) is 2.32. The van der Waals surface area contributed by atoms with Crippen LogP contribution in [0.15, 0.2) is 33.4 Å². The first kappa shape index (κ1) is 12.6. The second kappa shape index (κ2) is 5.22. The molecule has 0 aliphatic heterocycles. The van der Waals surface area contributed by atoms with Crippen LogP contribution in [0.4, 0.5) is 0 Å². The van der Waals surface area contributed by atoms with Crippen molar-refractivity contribution in [1.29, 1.82) is 0 Å². The van der Waals surface area contributed by atoms with E-state index < -0.39 is 5.97 Å². The topological polar surface area (TPSA) is 72.6 Å². The Morgan fingerprint density at radius 1 is 1.56 bits per heavy atom. The molecule has 0 saturated heterocycles. The Kier molecular flexibility index (Phi) is 3.66. The van der Waals surface area contributed by atoms with Crippen molar-refractivity contribution in [3.63, 3.8) is 0 Å². The molecule has 0 saturated carbocycles. The number of carbonyl (C=O) groups is 1. The summed E-state index contributed by atoms with van der Waals surface area (Å²) < 4.78 is 11.1. The first-order valence-electron chi connectivity index (χ1n) is 5.13. The van der Waals surface area contributed by atoms with Crippen LogP contribution in [0.5, 0.6) is 5.75 Å². The van der Waals surface area contributed by atoms with Gasteiger partial charge >= 0.3 is 5.97 Å². The maximum Gasteiger partial charge on any atom is 0.341 e. The molecule has 2 rings (SSSR count). The van der Waals surface area contributed by atoms with Gasteiger partial charge in [0, 0.05) is 0 Å². The van der Waals surface area contributed by atoms with Gasteiger partial charge in [-0.25, -0.2) is 4.79 Å². The number of benzene rings is 1. The van der Waals surface area contributed by atoms with E-state index in [1.807, 2.05) is 19.1 Å². The van der Waals surface area contributed by atoms with Crippen LogP contribution >= 0.6 is 15.9 Å². The molecule has 0 spiro atoms. The van der Waals surface area contributed by atoms with Gasteiger partial charge in [-0.15, -0.1) is 0 Å². The Bertz CT molecular complexity index is 579. The molecule has 94 valence electrons. The number of nitrogens with zero attached hydrogens (tertiary/aromatic N) is 1. The van der Waals surface area contributed by atoms with E-state index in [4.69, 9.17) is 14.4 Å². The predicted molar refractivity (Wildman–Crippen MR) is 66.7 cm³/mol. The summed E-state index contributed by atoms with van der Waals surface area (Å²) in [5.41, 5.74) is 1.11. The molecular formula is C12H10BrNO4. The van der Waals surface area contributed by atoms with Gasteiger partial charge in [0.2, 0.25) is 0 Å². The molecule has 0 radical (unpaired) electrons. The molecule has 1 heterocycles. The molecule has 0 fully saturated rings. The van der Waals surface area contributed by atoms with Crippen molar-refractivity contribution in [1.82, 2.24) is 5.16 Å². The highest BCUT2D eigenvalue weighted by Crippen LogP contribution is 2.26. The Morgan fingerprint density at radius 3 is 3.00 bits per heavy atom. The van der Waals surface area contributed by atoms with E-state index in [1.54, 1.807) is 6.07 Å². The third-order valence-corrected chi connectivity index (χ3v) is 2.94. The Balaban J connectivity index is 2.11. The maximum absolute atomic E-state index is 10.8. The highest BCUT2D eigenvalue weighted by atomic mass is 79.9. The van der Waals surface area contributed by atoms with Gasteiger partial charge in [-0.1, -0.05) is 11.2 Å². The smallest absolute Gasteiger partial charge is 0.341 e. The fraction of sp³-hybridized carbons (Fsp3) is 0.167. The zero-order chi connectivity index (χ0) is 13.1. The van der Waals surface area contributed by atoms with Gasteiger partial charge in [0.05, 0.1) is 10.7 Å². The highest BCUT2D eigenvalue weighted by molar-refractivity contribution is 9.10. The number of ether oxygens (including phenoxy) is 1. The van der Waals surface area contributed by atoms with Gasteiger partial charge in [0.1, 0.15) is 17.9 Å².